The van der Waals surface area contributed by atoms with E-state index >= 15 is 0 Å². The summed E-state index contributed by atoms with van der Waals surface area (Å²) in [4.78, 5) is 33.3. The number of rotatable bonds is 4. The molecule has 2 amide bonds. The average molecular weight is 184 g/mol. The van der Waals surface area contributed by atoms with Gasteiger partial charge < -0.3 is 15.0 Å². The highest BCUT2D eigenvalue weighted by Gasteiger charge is 2.27. The van der Waals surface area contributed by atoms with Gasteiger partial charge in [-0.2, -0.15) is 0 Å². The van der Waals surface area contributed by atoms with E-state index in [9.17, 15) is 14.4 Å². The van der Waals surface area contributed by atoms with E-state index in [1.165, 1.54) is 4.90 Å². The molecule has 1 atom stereocenters. The summed E-state index contributed by atoms with van der Waals surface area (Å²) in [5.41, 5.74) is 0. The second-order valence-corrected chi connectivity index (χ2v) is 2.93. The Hall–Kier alpha value is -1.39. The predicted octanol–water partition coefficient (Wildman–Crippen LogP) is -1.08. The van der Waals surface area contributed by atoms with Gasteiger partial charge in [-0.25, -0.2) is 0 Å². The van der Waals surface area contributed by atoms with Crippen molar-refractivity contribution in [2.24, 2.45) is 0 Å². The zero-order chi connectivity index (χ0) is 9.68. The van der Waals surface area contributed by atoms with Crippen molar-refractivity contribution in [1.82, 2.24) is 10.2 Å². The second-order valence-electron chi connectivity index (χ2n) is 2.93. The van der Waals surface area contributed by atoms with Gasteiger partial charge in [0.25, 0.3) is 0 Å². The molecule has 5 nitrogen and oxygen atoms in total. The molecule has 0 aromatic heterocycles. The third-order valence-corrected chi connectivity index (χ3v) is 2.11. The molecular formula is C8H12N2O3. The van der Waals surface area contributed by atoms with Gasteiger partial charge in [-0.05, 0) is 12.8 Å². The Morgan fingerprint density at radius 3 is 2.92 bits per heavy atom. The topological polar surface area (TPSA) is 66.5 Å². The molecule has 1 aliphatic heterocycles. The summed E-state index contributed by atoms with van der Waals surface area (Å²) in [5, 5.41) is 2.28. The first-order valence-corrected chi connectivity index (χ1v) is 4.21. The number of carbonyl (C=O) groups is 3. The molecule has 0 bridgehead atoms. The van der Waals surface area contributed by atoms with Gasteiger partial charge in [0.2, 0.25) is 12.3 Å². The highest BCUT2D eigenvalue weighted by Crippen LogP contribution is 2.14. The smallest absolute Gasteiger partial charge is 0.242 e. The lowest BCUT2D eigenvalue weighted by atomic mass is 10.2. The van der Waals surface area contributed by atoms with Crippen molar-refractivity contribution in [2.45, 2.75) is 18.9 Å². The normalized spacial score (nSPS) is 21.2. The number of likely N-dealkylation sites (tertiary alicyclic amines) is 1. The third-order valence-electron chi connectivity index (χ3n) is 2.11. The summed E-state index contributed by atoms with van der Waals surface area (Å²) in [6, 6.07) is -0.291. The molecule has 5 heteroatoms. The van der Waals surface area contributed by atoms with Crippen LogP contribution in [0.15, 0.2) is 0 Å². The van der Waals surface area contributed by atoms with E-state index in [0.29, 0.717) is 13.0 Å². The van der Waals surface area contributed by atoms with Crippen LogP contribution in [0.3, 0.4) is 0 Å². The summed E-state index contributed by atoms with van der Waals surface area (Å²) in [7, 11) is 0. The molecule has 0 aliphatic carbocycles. The first kappa shape index (κ1) is 9.70. The van der Waals surface area contributed by atoms with Crippen LogP contribution in [0.2, 0.25) is 0 Å². The van der Waals surface area contributed by atoms with Gasteiger partial charge in [-0.15, -0.1) is 0 Å². The number of nitrogens with one attached hydrogen (secondary N) is 1. The van der Waals surface area contributed by atoms with Crippen molar-refractivity contribution in [2.75, 3.05) is 13.1 Å². The maximum Gasteiger partial charge on any atom is 0.242 e. The van der Waals surface area contributed by atoms with Crippen molar-refractivity contribution in [3.05, 3.63) is 0 Å². The maximum atomic E-state index is 11.3. The lowest BCUT2D eigenvalue weighted by molar-refractivity contribution is -0.134. The molecule has 1 N–H and O–H groups in total. The minimum atomic E-state index is -0.291. The fraction of sp³-hybridized carbons (Fsp3) is 0.625. The molecule has 0 spiro atoms. The fourth-order valence-corrected chi connectivity index (χ4v) is 1.47. The molecular weight excluding hydrogens is 172 g/mol. The monoisotopic (exact) mass is 184 g/mol. The Balaban J connectivity index is 2.44. The molecule has 72 valence electrons. The number of hydrogen-bond donors (Lipinski definition) is 1. The zero-order valence-corrected chi connectivity index (χ0v) is 7.23. The van der Waals surface area contributed by atoms with Gasteiger partial charge in [-0.1, -0.05) is 0 Å². The summed E-state index contributed by atoms with van der Waals surface area (Å²) in [5.74, 6) is -0.193. The summed E-state index contributed by atoms with van der Waals surface area (Å²) in [6.07, 6.45) is 2.85. The van der Waals surface area contributed by atoms with E-state index in [-0.39, 0.29) is 18.5 Å². The fourth-order valence-electron chi connectivity index (χ4n) is 1.47. The van der Waals surface area contributed by atoms with Crippen molar-refractivity contribution < 1.29 is 14.4 Å². The highest BCUT2D eigenvalue weighted by atomic mass is 16.2. The first-order valence-electron chi connectivity index (χ1n) is 4.21. The molecule has 1 aliphatic rings. The van der Waals surface area contributed by atoms with E-state index in [0.717, 1.165) is 19.1 Å². The summed E-state index contributed by atoms with van der Waals surface area (Å²) in [6.45, 7) is 0.594. The highest BCUT2D eigenvalue weighted by molar-refractivity contribution is 5.83. The number of nitrogens with zero attached hydrogens (tertiary/aromatic N) is 1. The Kier molecular flexibility index (Phi) is 3.42. The van der Waals surface area contributed by atoms with Crippen LogP contribution in [0, 0.1) is 0 Å². The molecule has 1 heterocycles. The molecule has 1 saturated heterocycles. The van der Waals surface area contributed by atoms with Gasteiger partial charge in [-0.3, -0.25) is 9.59 Å². The molecule has 1 rings (SSSR count). The lowest BCUT2D eigenvalue weighted by Gasteiger charge is -2.19. The Morgan fingerprint density at radius 1 is 1.54 bits per heavy atom. The summed E-state index contributed by atoms with van der Waals surface area (Å²) >= 11 is 0. The largest absolute Gasteiger partial charge is 0.350 e. The second kappa shape index (κ2) is 4.59. The number of aldehydes is 1. The first-order chi connectivity index (χ1) is 6.29. The van der Waals surface area contributed by atoms with Crippen LogP contribution in [0.5, 0.6) is 0 Å². The lowest BCUT2D eigenvalue weighted by Crippen LogP contribution is -2.41. The minimum Gasteiger partial charge on any atom is -0.350 e. The third kappa shape index (κ3) is 2.27. The van der Waals surface area contributed by atoms with Crippen LogP contribution in [-0.2, 0) is 14.4 Å². The number of carbonyl (C=O) groups excluding carboxylic acids is 3. The Morgan fingerprint density at radius 2 is 2.31 bits per heavy atom. The van der Waals surface area contributed by atoms with E-state index < -0.39 is 0 Å². The van der Waals surface area contributed by atoms with Crippen molar-refractivity contribution >= 4 is 18.6 Å². The molecule has 1 unspecified atom stereocenters. The molecule has 1 fully saturated rings. The van der Waals surface area contributed by atoms with Crippen LogP contribution < -0.4 is 5.32 Å². The van der Waals surface area contributed by atoms with E-state index in [1.807, 2.05) is 0 Å². The quantitative estimate of drug-likeness (QED) is 0.565. The van der Waals surface area contributed by atoms with Gasteiger partial charge in [0, 0.05) is 6.54 Å². The van der Waals surface area contributed by atoms with Gasteiger partial charge in [0.05, 0.1) is 12.6 Å². The Bertz CT molecular complexity index is 217. The van der Waals surface area contributed by atoms with Crippen molar-refractivity contribution in [3.8, 4) is 0 Å². The molecule has 0 aromatic carbocycles. The van der Waals surface area contributed by atoms with Crippen LogP contribution in [0.25, 0.3) is 0 Å². The average Bonchev–Trinajstić information content (AvgIpc) is 2.61. The summed E-state index contributed by atoms with van der Waals surface area (Å²) < 4.78 is 0. The molecule has 0 radical (unpaired) electrons. The standard InChI is InChI=1S/C8H12N2O3/c11-5-7-2-1-3-10(7)8(13)4-9-6-12/h5-7H,1-4H2,(H,9,12). The van der Waals surface area contributed by atoms with Crippen LogP contribution in [0.1, 0.15) is 12.8 Å². The van der Waals surface area contributed by atoms with Crippen molar-refractivity contribution in [1.29, 1.82) is 0 Å². The van der Waals surface area contributed by atoms with Crippen molar-refractivity contribution in [3.63, 3.8) is 0 Å². The number of amides is 2. The predicted molar refractivity (Wildman–Crippen MR) is 44.9 cm³/mol. The molecule has 0 aromatic rings. The van der Waals surface area contributed by atoms with E-state index in [1.54, 1.807) is 0 Å². The Labute approximate surface area is 76.1 Å². The van der Waals surface area contributed by atoms with E-state index in [4.69, 9.17) is 0 Å². The van der Waals surface area contributed by atoms with Crippen LogP contribution >= 0.6 is 0 Å². The van der Waals surface area contributed by atoms with Crippen LogP contribution in [0.4, 0.5) is 0 Å². The van der Waals surface area contributed by atoms with E-state index in [2.05, 4.69) is 5.32 Å². The molecule has 13 heavy (non-hydrogen) atoms. The zero-order valence-electron chi connectivity index (χ0n) is 7.23. The molecule has 0 saturated carbocycles. The minimum absolute atomic E-state index is 0.0200. The maximum absolute atomic E-state index is 11.3. The van der Waals surface area contributed by atoms with Crippen LogP contribution in [-0.4, -0.2) is 42.6 Å². The van der Waals surface area contributed by atoms with Gasteiger partial charge in [0.1, 0.15) is 6.29 Å². The number of hydrogen-bond acceptors (Lipinski definition) is 3. The SMILES string of the molecule is O=CNCC(=O)N1CCCC1C=O. The van der Waals surface area contributed by atoms with Gasteiger partial charge >= 0.3 is 0 Å². The van der Waals surface area contributed by atoms with Gasteiger partial charge in [0.15, 0.2) is 0 Å².